The molecule has 0 spiro atoms. The first kappa shape index (κ1) is 28.4. The largest absolute Gasteiger partial charge is 0.492 e. The van der Waals surface area contributed by atoms with Crippen molar-refractivity contribution in [3.63, 3.8) is 0 Å². The van der Waals surface area contributed by atoms with Crippen molar-refractivity contribution in [2.75, 3.05) is 13.2 Å². The summed E-state index contributed by atoms with van der Waals surface area (Å²) in [6.07, 6.45) is 17.3. The standard InChI is InChI=1S/C34H50O2/c1-5-9-11-13-15-17-23-35-33-29-21-19-28(8-4)26-32(29)34(36-24-18-16-14-12-10-6-2)30-22-20-27(7-3)25-31(30)33/h19-22,25-26H,5-18,23-24H2,1-4H3. The molecule has 36 heavy (non-hydrogen) atoms. The van der Waals surface area contributed by atoms with E-state index in [2.05, 4.69) is 64.1 Å². The second-order valence-corrected chi connectivity index (χ2v) is 10.4. The van der Waals surface area contributed by atoms with Gasteiger partial charge in [-0.2, -0.15) is 0 Å². The highest BCUT2D eigenvalue weighted by Crippen LogP contribution is 2.44. The molecule has 3 aromatic rings. The van der Waals surface area contributed by atoms with Crippen LogP contribution in [0.15, 0.2) is 36.4 Å². The second-order valence-electron chi connectivity index (χ2n) is 10.4. The lowest BCUT2D eigenvalue weighted by atomic mass is 9.96. The molecule has 2 heteroatoms. The molecule has 0 fully saturated rings. The first-order chi connectivity index (χ1) is 17.7. The van der Waals surface area contributed by atoms with Gasteiger partial charge < -0.3 is 9.47 Å². The summed E-state index contributed by atoms with van der Waals surface area (Å²) in [4.78, 5) is 0. The van der Waals surface area contributed by atoms with E-state index in [4.69, 9.17) is 9.47 Å². The number of fused-ring (bicyclic) bond motifs is 2. The van der Waals surface area contributed by atoms with Crippen LogP contribution in [0.2, 0.25) is 0 Å². The van der Waals surface area contributed by atoms with Gasteiger partial charge in [-0.05, 0) is 48.9 Å². The molecule has 198 valence electrons. The molecule has 0 saturated carbocycles. The van der Waals surface area contributed by atoms with Crippen LogP contribution in [-0.4, -0.2) is 13.2 Å². The van der Waals surface area contributed by atoms with Crippen molar-refractivity contribution in [3.8, 4) is 11.5 Å². The SMILES string of the molecule is CCCCCCCCOc1c2ccc(CC)cc2c(OCCCCCCCC)c2ccc(CC)cc12. The van der Waals surface area contributed by atoms with Gasteiger partial charge in [-0.15, -0.1) is 0 Å². The maximum Gasteiger partial charge on any atom is 0.135 e. The van der Waals surface area contributed by atoms with Crippen LogP contribution < -0.4 is 9.47 Å². The highest BCUT2D eigenvalue weighted by Gasteiger charge is 2.17. The number of unbranched alkanes of at least 4 members (excludes halogenated alkanes) is 10. The fourth-order valence-electron chi connectivity index (χ4n) is 5.11. The Balaban J connectivity index is 1.89. The molecule has 0 saturated heterocycles. The minimum Gasteiger partial charge on any atom is -0.492 e. The van der Waals surface area contributed by atoms with Crippen LogP contribution in [-0.2, 0) is 12.8 Å². The van der Waals surface area contributed by atoms with Gasteiger partial charge in [0.2, 0.25) is 0 Å². The molecule has 0 unspecified atom stereocenters. The highest BCUT2D eigenvalue weighted by molar-refractivity contribution is 6.11. The lowest BCUT2D eigenvalue weighted by Gasteiger charge is -2.19. The zero-order valence-corrected chi connectivity index (χ0v) is 23.6. The summed E-state index contributed by atoms with van der Waals surface area (Å²) in [6, 6.07) is 13.7. The van der Waals surface area contributed by atoms with Crippen molar-refractivity contribution in [2.24, 2.45) is 0 Å². The van der Waals surface area contributed by atoms with Gasteiger partial charge >= 0.3 is 0 Å². The van der Waals surface area contributed by atoms with Gasteiger partial charge in [0.25, 0.3) is 0 Å². The third-order valence-electron chi connectivity index (χ3n) is 7.45. The zero-order chi connectivity index (χ0) is 25.6. The monoisotopic (exact) mass is 490 g/mol. The Labute approximate surface area is 220 Å². The maximum atomic E-state index is 6.59. The van der Waals surface area contributed by atoms with Crippen molar-refractivity contribution >= 4 is 21.5 Å². The summed E-state index contributed by atoms with van der Waals surface area (Å²) in [5.74, 6) is 2.08. The number of aryl methyl sites for hydroxylation is 2. The van der Waals surface area contributed by atoms with Gasteiger partial charge in [0.15, 0.2) is 0 Å². The zero-order valence-electron chi connectivity index (χ0n) is 23.6. The molecule has 0 aliphatic rings. The Kier molecular flexibility index (Phi) is 12.4. The first-order valence-electron chi connectivity index (χ1n) is 15.0. The Hall–Kier alpha value is -2.22. The average molecular weight is 491 g/mol. The molecule has 0 aliphatic heterocycles. The van der Waals surface area contributed by atoms with Crippen LogP contribution in [0.25, 0.3) is 21.5 Å². The molecular weight excluding hydrogens is 440 g/mol. The second kappa shape index (κ2) is 15.8. The van der Waals surface area contributed by atoms with Crippen LogP contribution in [0.5, 0.6) is 11.5 Å². The Bertz CT molecular complexity index is 967. The molecule has 0 bridgehead atoms. The van der Waals surface area contributed by atoms with Crippen molar-refractivity contribution in [1.82, 2.24) is 0 Å². The first-order valence-corrected chi connectivity index (χ1v) is 15.0. The molecule has 3 aromatic carbocycles. The van der Waals surface area contributed by atoms with Crippen LogP contribution >= 0.6 is 0 Å². The van der Waals surface area contributed by atoms with Crippen LogP contribution in [0, 0.1) is 0 Å². The summed E-state index contributed by atoms with van der Waals surface area (Å²) in [7, 11) is 0. The van der Waals surface area contributed by atoms with E-state index in [9.17, 15) is 0 Å². The predicted octanol–water partition coefficient (Wildman–Crippen LogP) is 10.6. The molecular formula is C34H50O2. The van der Waals surface area contributed by atoms with Crippen molar-refractivity contribution in [1.29, 1.82) is 0 Å². The van der Waals surface area contributed by atoms with Gasteiger partial charge in [0.05, 0.1) is 13.2 Å². The van der Waals surface area contributed by atoms with Gasteiger partial charge in [-0.1, -0.05) is 116 Å². The predicted molar refractivity (Wildman–Crippen MR) is 158 cm³/mol. The lowest BCUT2D eigenvalue weighted by molar-refractivity contribution is 0.306. The maximum absolute atomic E-state index is 6.59. The average Bonchev–Trinajstić information content (AvgIpc) is 2.91. The Morgan fingerprint density at radius 2 is 0.833 bits per heavy atom. The number of hydrogen-bond acceptors (Lipinski definition) is 2. The third-order valence-corrected chi connectivity index (χ3v) is 7.45. The van der Waals surface area contributed by atoms with E-state index in [0.29, 0.717) is 0 Å². The van der Waals surface area contributed by atoms with Gasteiger partial charge in [-0.25, -0.2) is 0 Å². The van der Waals surface area contributed by atoms with E-state index < -0.39 is 0 Å². The molecule has 0 aliphatic carbocycles. The number of rotatable bonds is 18. The number of hydrogen-bond donors (Lipinski definition) is 0. The minimum atomic E-state index is 0.778. The van der Waals surface area contributed by atoms with Crippen molar-refractivity contribution in [3.05, 3.63) is 47.5 Å². The Morgan fingerprint density at radius 1 is 0.444 bits per heavy atom. The number of benzene rings is 3. The molecule has 3 rings (SSSR count). The molecule has 0 amide bonds. The molecule has 0 heterocycles. The quantitative estimate of drug-likeness (QED) is 0.130. The summed E-state index contributed by atoms with van der Waals surface area (Å²) < 4.78 is 13.2. The van der Waals surface area contributed by atoms with E-state index in [-0.39, 0.29) is 0 Å². The van der Waals surface area contributed by atoms with Crippen LogP contribution in [0.3, 0.4) is 0 Å². The van der Waals surface area contributed by atoms with Crippen molar-refractivity contribution < 1.29 is 9.47 Å². The van der Waals surface area contributed by atoms with Crippen LogP contribution in [0.4, 0.5) is 0 Å². The van der Waals surface area contributed by atoms with E-state index in [0.717, 1.165) is 50.4 Å². The van der Waals surface area contributed by atoms with Gasteiger partial charge in [0, 0.05) is 21.5 Å². The van der Waals surface area contributed by atoms with Crippen LogP contribution in [0.1, 0.15) is 116 Å². The molecule has 0 aromatic heterocycles. The Morgan fingerprint density at radius 3 is 1.22 bits per heavy atom. The summed E-state index contributed by atoms with van der Waals surface area (Å²) >= 11 is 0. The molecule has 0 radical (unpaired) electrons. The molecule has 0 N–H and O–H groups in total. The summed E-state index contributed by atoms with van der Waals surface area (Å²) in [5.41, 5.74) is 2.69. The summed E-state index contributed by atoms with van der Waals surface area (Å²) in [6.45, 7) is 10.6. The summed E-state index contributed by atoms with van der Waals surface area (Å²) in [5, 5.41) is 4.79. The van der Waals surface area contributed by atoms with E-state index in [1.165, 1.54) is 96.9 Å². The lowest BCUT2D eigenvalue weighted by Crippen LogP contribution is -2.03. The van der Waals surface area contributed by atoms with Crippen molar-refractivity contribution in [2.45, 2.75) is 118 Å². The third kappa shape index (κ3) is 7.89. The fourth-order valence-corrected chi connectivity index (χ4v) is 5.11. The molecule has 0 atom stereocenters. The minimum absolute atomic E-state index is 0.778. The topological polar surface area (TPSA) is 18.5 Å². The smallest absolute Gasteiger partial charge is 0.135 e. The fraction of sp³-hybridized carbons (Fsp3) is 0.588. The van der Waals surface area contributed by atoms with E-state index >= 15 is 0 Å². The highest BCUT2D eigenvalue weighted by atomic mass is 16.5. The van der Waals surface area contributed by atoms with Gasteiger partial charge in [0.1, 0.15) is 11.5 Å². The molecule has 2 nitrogen and oxygen atoms in total. The van der Waals surface area contributed by atoms with E-state index in [1.807, 2.05) is 0 Å². The normalized spacial score (nSPS) is 11.4. The number of ether oxygens (including phenoxy) is 2. The van der Waals surface area contributed by atoms with Gasteiger partial charge in [-0.3, -0.25) is 0 Å². The van der Waals surface area contributed by atoms with E-state index in [1.54, 1.807) is 0 Å².